The molecule has 0 radical (unpaired) electrons. The predicted molar refractivity (Wildman–Crippen MR) is 60.5 cm³/mol. The Morgan fingerprint density at radius 3 is 2.46 bits per heavy atom. The Morgan fingerprint density at radius 1 is 1.31 bits per heavy atom. The van der Waals surface area contributed by atoms with E-state index in [0.29, 0.717) is 0 Å². The Morgan fingerprint density at radius 2 is 2.00 bits per heavy atom. The van der Waals surface area contributed by atoms with Crippen LogP contribution in [-0.4, -0.2) is 19.5 Å². The number of rotatable bonds is 5. The van der Waals surface area contributed by atoms with Crippen molar-refractivity contribution < 1.29 is 0 Å². The van der Waals surface area contributed by atoms with Crippen molar-refractivity contribution in [3.8, 4) is 0 Å². The van der Waals surface area contributed by atoms with E-state index in [2.05, 4.69) is 29.7 Å². The molecule has 0 aliphatic carbocycles. The molecule has 0 heterocycles. The van der Waals surface area contributed by atoms with Crippen LogP contribution >= 0.6 is 0 Å². The number of aliphatic imine (C=N–C) groups is 2. The summed E-state index contributed by atoms with van der Waals surface area (Å²) < 4.78 is 0. The predicted octanol–water partition coefficient (Wildman–Crippen LogP) is 2.57. The Kier molecular flexibility index (Phi) is 6.06. The molecule has 0 spiro atoms. The summed E-state index contributed by atoms with van der Waals surface area (Å²) in [5.41, 5.74) is 1.69. The van der Waals surface area contributed by atoms with Crippen molar-refractivity contribution in [3.05, 3.63) is 49.2 Å². The van der Waals surface area contributed by atoms with E-state index in [4.69, 9.17) is 0 Å². The highest BCUT2D eigenvalue weighted by Gasteiger charge is 1.92. The number of nitrogens with zero attached hydrogens (tertiary/aromatic N) is 2. The summed E-state index contributed by atoms with van der Waals surface area (Å²) in [6.07, 6.45) is 8.30. The lowest BCUT2D eigenvalue weighted by Gasteiger charge is -1.97. The molecule has 0 bridgehead atoms. The minimum absolute atomic E-state index is 0.787. The van der Waals surface area contributed by atoms with Crippen LogP contribution in [0.3, 0.4) is 0 Å². The topological polar surface area (TPSA) is 24.7 Å². The van der Waals surface area contributed by atoms with Crippen molar-refractivity contribution in [1.82, 2.24) is 0 Å². The first-order valence-electron chi connectivity index (χ1n) is 3.84. The molecular formula is C11H14N2. The fraction of sp³-hybridized carbons (Fsp3) is 0.0909. The fourth-order valence-corrected chi connectivity index (χ4v) is 0.678. The van der Waals surface area contributed by atoms with Crippen LogP contribution in [0.2, 0.25) is 0 Å². The van der Waals surface area contributed by atoms with Gasteiger partial charge < -0.3 is 0 Å². The van der Waals surface area contributed by atoms with E-state index in [1.807, 2.05) is 6.08 Å². The van der Waals surface area contributed by atoms with E-state index in [1.54, 1.807) is 25.6 Å². The molecule has 2 nitrogen and oxygen atoms in total. The molecular weight excluding hydrogens is 160 g/mol. The van der Waals surface area contributed by atoms with Crippen molar-refractivity contribution in [1.29, 1.82) is 0 Å². The molecule has 0 fully saturated rings. The highest BCUT2D eigenvalue weighted by molar-refractivity contribution is 5.88. The zero-order valence-electron chi connectivity index (χ0n) is 7.90. The molecule has 0 aliphatic rings. The summed E-state index contributed by atoms with van der Waals surface area (Å²) in [6.45, 7) is 11.0. The minimum Gasteiger partial charge on any atom is -0.296 e. The first-order valence-corrected chi connectivity index (χ1v) is 3.84. The number of hydrogen-bond donors (Lipinski definition) is 0. The van der Waals surface area contributed by atoms with Crippen molar-refractivity contribution in [2.75, 3.05) is 7.05 Å². The third kappa shape index (κ3) is 4.69. The summed E-state index contributed by atoms with van der Waals surface area (Å²) in [7, 11) is 1.71. The summed E-state index contributed by atoms with van der Waals surface area (Å²) >= 11 is 0. The molecule has 68 valence electrons. The van der Waals surface area contributed by atoms with E-state index < -0.39 is 0 Å². The molecule has 0 rings (SSSR count). The van der Waals surface area contributed by atoms with Gasteiger partial charge >= 0.3 is 0 Å². The minimum atomic E-state index is 0.787. The highest BCUT2D eigenvalue weighted by atomic mass is 14.7. The van der Waals surface area contributed by atoms with Gasteiger partial charge in [0.15, 0.2) is 0 Å². The van der Waals surface area contributed by atoms with Gasteiger partial charge in [-0.05, 0) is 17.2 Å². The maximum Gasteiger partial charge on any atom is 0.0340 e. The largest absolute Gasteiger partial charge is 0.296 e. The van der Waals surface area contributed by atoms with E-state index >= 15 is 0 Å². The molecule has 0 unspecified atom stereocenters. The summed E-state index contributed by atoms with van der Waals surface area (Å²) in [4.78, 5) is 7.69. The lowest BCUT2D eigenvalue weighted by molar-refractivity contribution is 1.47. The van der Waals surface area contributed by atoms with Gasteiger partial charge in [0, 0.05) is 25.7 Å². The van der Waals surface area contributed by atoms with Crippen molar-refractivity contribution in [3.63, 3.8) is 0 Å². The van der Waals surface area contributed by atoms with Crippen molar-refractivity contribution in [2.24, 2.45) is 9.98 Å². The smallest absolute Gasteiger partial charge is 0.0340 e. The molecule has 2 heteroatoms. The Hall–Kier alpha value is -1.70. The van der Waals surface area contributed by atoms with Crippen LogP contribution in [-0.2, 0) is 0 Å². The standard InChI is InChI=1S/C11H14N2/c1-5-11(7-8-12-4)10(3)9-13-6-2/h5-9H,1-3H2,4H3/b11-7+,12-8?,13-9?. The molecule has 13 heavy (non-hydrogen) atoms. The van der Waals surface area contributed by atoms with E-state index in [9.17, 15) is 0 Å². The van der Waals surface area contributed by atoms with Gasteiger partial charge in [-0.1, -0.05) is 25.8 Å². The van der Waals surface area contributed by atoms with Gasteiger partial charge in [-0.3, -0.25) is 9.98 Å². The lowest BCUT2D eigenvalue weighted by atomic mass is 10.1. The molecule has 0 N–H and O–H groups in total. The molecule has 0 aliphatic heterocycles. The van der Waals surface area contributed by atoms with E-state index in [0.717, 1.165) is 11.1 Å². The van der Waals surface area contributed by atoms with Crippen LogP contribution in [0.4, 0.5) is 0 Å². The monoisotopic (exact) mass is 174 g/mol. The first-order chi connectivity index (χ1) is 6.26. The van der Waals surface area contributed by atoms with Crippen molar-refractivity contribution >= 4 is 12.4 Å². The molecule has 0 aromatic heterocycles. The number of allylic oxidation sites excluding steroid dienone is 4. The van der Waals surface area contributed by atoms with Gasteiger partial charge in [-0.25, -0.2) is 0 Å². The van der Waals surface area contributed by atoms with Crippen LogP contribution in [0.1, 0.15) is 0 Å². The van der Waals surface area contributed by atoms with Crippen LogP contribution in [0.25, 0.3) is 0 Å². The molecule has 0 saturated heterocycles. The van der Waals surface area contributed by atoms with E-state index in [1.165, 1.54) is 6.20 Å². The second kappa shape index (κ2) is 6.98. The third-order valence-corrected chi connectivity index (χ3v) is 1.33. The summed E-state index contributed by atoms with van der Waals surface area (Å²) in [6, 6.07) is 0. The highest BCUT2D eigenvalue weighted by Crippen LogP contribution is 2.05. The molecule has 0 aromatic carbocycles. The third-order valence-electron chi connectivity index (χ3n) is 1.33. The Balaban J connectivity index is 4.58. The van der Waals surface area contributed by atoms with Crippen LogP contribution in [0, 0.1) is 0 Å². The average Bonchev–Trinajstić information content (AvgIpc) is 2.16. The van der Waals surface area contributed by atoms with Gasteiger partial charge in [0.2, 0.25) is 0 Å². The zero-order valence-corrected chi connectivity index (χ0v) is 7.90. The Labute approximate surface area is 79.4 Å². The van der Waals surface area contributed by atoms with Crippen LogP contribution in [0.15, 0.2) is 59.2 Å². The SMILES string of the molecule is C=CN=CC(=C)/C(C=C)=C/C=NC. The van der Waals surface area contributed by atoms with Crippen LogP contribution in [0.5, 0.6) is 0 Å². The van der Waals surface area contributed by atoms with Crippen molar-refractivity contribution in [2.45, 2.75) is 0 Å². The summed E-state index contributed by atoms with van der Waals surface area (Å²) in [5, 5.41) is 0. The lowest BCUT2D eigenvalue weighted by Crippen LogP contribution is -1.86. The van der Waals surface area contributed by atoms with Gasteiger partial charge in [0.1, 0.15) is 0 Å². The normalized spacial score (nSPS) is 12.2. The molecule has 0 saturated carbocycles. The molecule has 0 atom stereocenters. The van der Waals surface area contributed by atoms with Crippen LogP contribution < -0.4 is 0 Å². The maximum atomic E-state index is 3.85. The summed E-state index contributed by atoms with van der Waals surface area (Å²) in [5.74, 6) is 0. The van der Waals surface area contributed by atoms with Gasteiger partial charge in [-0.15, -0.1) is 0 Å². The first kappa shape index (κ1) is 11.3. The van der Waals surface area contributed by atoms with Gasteiger partial charge in [0.25, 0.3) is 0 Å². The quantitative estimate of drug-likeness (QED) is 0.452. The molecule has 0 amide bonds. The molecule has 0 aromatic rings. The van der Waals surface area contributed by atoms with Gasteiger partial charge in [-0.2, -0.15) is 0 Å². The maximum absolute atomic E-state index is 3.85. The second-order valence-electron chi connectivity index (χ2n) is 2.22. The number of hydrogen-bond acceptors (Lipinski definition) is 2. The Bertz CT molecular complexity index is 280. The fourth-order valence-electron chi connectivity index (χ4n) is 0.678. The second-order valence-corrected chi connectivity index (χ2v) is 2.22. The zero-order chi connectivity index (χ0) is 10.1. The van der Waals surface area contributed by atoms with E-state index in [-0.39, 0.29) is 0 Å². The average molecular weight is 174 g/mol. The van der Waals surface area contributed by atoms with Gasteiger partial charge in [0.05, 0.1) is 0 Å².